The summed E-state index contributed by atoms with van der Waals surface area (Å²) in [6, 6.07) is 4.67. The van der Waals surface area contributed by atoms with Gasteiger partial charge in [0.05, 0.1) is 5.02 Å². The molecule has 2 rings (SSSR count). The van der Waals surface area contributed by atoms with Crippen molar-refractivity contribution in [3.05, 3.63) is 40.9 Å². The van der Waals surface area contributed by atoms with Gasteiger partial charge in [-0.25, -0.2) is 4.79 Å². The van der Waals surface area contributed by atoms with Gasteiger partial charge in [-0.15, -0.1) is 10.2 Å². The van der Waals surface area contributed by atoms with Crippen molar-refractivity contribution in [3.63, 3.8) is 0 Å². The molecule has 0 unspecified atom stereocenters. The number of halogens is 1. The van der Waals surface area contributed by atoms with Gasteiger partial charge in [0.25, 0.3) is 0 Å². The molecule has 7 heteroatoms. The smallest absolute Gasteiger partial charge is 0.341 e. The highest BCUT2D eigenvalue weighted by atomic mass is 35.5. The Kier molecular flexibility index (Phi) is 3.47. The number of carboxylic acids is 1. The number of hydrogen-bond acceptors (Lipinski definition) is 4. The second kappa shape index (κ2) is 5.05. The number of carboxylic acid groups (broad SMARTS) is 1. The van der Waals surface area contributed by atoms with E-state index in [4.69, 9.17) is 21.4 Å². The molecule has 1 heterocycles. The van der Waals surface area contributed by atoms with E-state index in [1.165, 1.54) is 12.4 Å². The van der Waals surface area contributed by atoms with E-state index < -0.39 is 5.97 Å². The number of hydrogen-bond donors (Lipinski definition) is 1. The number of carbonyl (C=O) groups is 1. The molecule has 0 aliphatic heterocycles. The van der Waals surface area contributed by atoms with E-state index in [2.05, 4.69) is 10.2 Å². The van der Waals surface area contributed by atoms with Gasteiger partial charge >= 0.3 is 5.97 Å². The zero-order chi connectivity index (χ0) is 13.1. The molecule has 0 amide bonds. The quantitative estimate of drug-likeness (QED) is 0.913. The Morgan fingerprint density at radius 1 is 1.56 bits per heavy atom. The van der Waals surface area contributed by atoms with Crippen LogP contribution in [0.5, 0.6) is 5.75 Å². The van der Waals surface area contributed by atoms with Gasteiger partial charge in [-0.2, -0.15) is 0 Å². The minimum atomic E-state index is -1.13. The van der Waals surface area contributed by atoms with E-state index in [0.29, 0.717) is 5.82 Å². The van der Waals surface area contributed by atoms with E-state index in [1.807, 2.05) is 0 Å². The Balaban J connectivity index is 2.22. The van der Waals surface area contributed by atoms with Gasteiger partial charge in [-0.05, 0) is 12.1 Å². The van der Waals surface area contributed by atoms with Crippen LogP contribution in [0.2, 0.25) is 5.02 Å². The van der Waals surface area contributed by atoms with Gasteiger partial charge in [0.2, 0.25) is 0 Å². The van der Waals surface area contributed by atoms with Gasteiger partial charge in [-0.1, -0.05) is 17.7 Å². The number of aryl methyl sites for hydroxylation is 1. The molecule has 2 aromatic rings. The summed E-state index contributed by atoms with van der Waals surface area (Å²) in [5, 5.41) is 16.7. The van der Waals surface area contributed by atoms with Crippen molar-refractivity contribution in [2.24, 2.45) is 7.05 Å². The van der Waals surface area contributed by atoms with E-state index in [1.54, 1.807) is 23.7 Å². The molecule has 0 fully saturated rings. The highest BCUT2D eigenvalue weighted by Crippen LogP contribution is 2.26. The normalized spacial score (nSPS) is 10.3. The molecule has 1 N–H and O–H groups in total. The van der Waals surface area contributed by atoms with Gasteiger partial charge < -0.3 is 14.4 Å². The van der Waals surface area contributed by atoms with E-state index >= 15 is 0 Å². The molecule has 0 atom stereocenters. The SMILES string of the molecule is Cn1cnnc1COc1cccc(Cl)c1C(=O)O. The predicted molar refractivity (Wildman–Crippen MR) is 63.7 cm³/mol. The number of rotatable bonds is 4. The van der Waals surface area contributed by atoms with Gasteiger partial charge in [-0.3, -0.25) is 0 Å². The lowest BCUT2D eigenvalue weighted by atomic mass is 10.2. The molecule has 6 nitrogen and oxygen atoms in total. The Labute approximate surface area is 108 Å². The van der Waals surface area contributed by atoms with Gasteiger partial charge in [0, 0.05) is 7.05 Å². The monoisotopic (exact) mass is 267 g/mol. The zero-order valence-electron chi connectivity index (χ0n) is 9.50. The van der Waals surface area contributed by atoms with Crippen molar-refractivity contribution in [3.8, 4) is 5.75 Å². The molecule has 18 heavy (non-hydrogen) atoms. The summed E-state index contributed by atoms with van der Waals surface area (Å²) >= 11 is 5.82. The van der Waals surface area contributed by atoms with Gasteiger partial charge in [0.1, 0.15) is 24.2 Å². The summed E-state index contributed by atoms with van der Waals surface area (Å²) in [6.07, 6.45) is 1.54. The third-order valence-corrected chi connectivity index (χ3v) is 2.67. The first-order valence-corrected chi connectivity index (χ1v) is 5.45. The summed E-state index contributed by atoms with van der Waals surface area (Å²) in [4.78, 5) is 11.1. The minimum absolute atomic E-state index is 0.0543. The molecule has 0 radical (unpaired) electrons. The lowest BCUT2D eigenvalue weighted by Gasteiger charge is -2.09. The largest absolute Gasteiger partial charge is 0.485 e. The topological polar surface area (TPSA) is 77.2 Å². The Hall–Kier alpha value is -2.08. The summed E-state index contributed by atoms with van der Waals surface area (Å²) in [6.45, 7) is 0.122. The Bertz CT molecular complexity index is 583. The van der Waals surface area contributed by atoms with Crippen LogP contribution in [0.15, 0.2) is 24.5 Å². The number of nitrogens with zero attached hydrogens (tertiary/aromatic N) is 3. The summed E-state index contributed by atoms with van der Waals surface area (Å²) < 4.78 is 7.10. The standard InChI is InChI=1S/C11H10ClN3O3/c1-15-6-13-14-9(15)5-18-8-4-2-3-7(12)10(8)11(16)17/h2-4,6H,5H2,1H3,(H,16,17). The number of ether oxygens (including phenoxy) is 1. The number of benzene rings is 1. The molecule has 0 spiro atoms. The van der Waals surface area contributed by atoms with Crippen LogP contribution in [0.4, 0.5) is 0 Å². The summed E-state index contributed by atoms with van der Waals surface area (Å²) in [7, 11) is 1.77. The molecule has 0 saturated carbocycles. The van der Waals surface area contributed by atoms with Crippen LogP contribution in [0.1, 0.15) is 16.2 Å². The molecule has 0 aliphatic rings. The average Bonchev–Trinajstić information content (AvgIpc) is 2.71. The predicted octanol–water partition coefficient (Wildman–Crippen LogP) is 1.75. The number of aromatic carboxylic acids is 1. The lowest BCUT2D eigenvalue weighted by Crippen LogP contribution is -2.07. The highest BCUT2D eigenvalue weighted by Gasteiger charge is 2.16. The average molecular weight is 268 g/mol. The molecule has 0 bridgehead atoms. The third kappa shape index (κ3) is 2.43. The van der Waals surface area contributed by atoms with Crippen LogP contribution in [-0.2, 0) is 13.7 Å². The van der Waals surface area contributed by atoms with Crippen molar-refractivity contribution in [1.29, 1.82) is 0 Å². The first-order valence-electron chi connectivity index (χ1n) is 5.07. The first-order chi connectivity index (χ1) is 8.59. The van der Waals surface area contributed by atoms with Crippen LogP contribution in [0, 0.1) is 0 Å². The lowest BCUT2D eigenvalue weighted by molar-refractivity contribution is 0.0692. The number of aromatic nitrogens is 3. The molecule has 1 aromatic carbocycles. The van der Waals surface area contributed by atoms with Crippen molar-refractivity contribution < 1.29 is 14.6 Å². The van der Waals surface area contributed by atoms with Crippen LogP contribution < -0.4 is 4.74 Å². The molecule has 0 saturated heterocycles. The van der Waals surface area contributed by atoms with Crippen molar-refractivity contribution in [2.75, 3.05) is 0 Å². The molecule has 0 aliphatic carbocycles. The van der Waals surface area contributed by atoms with E-state index in [0.717, 1.165) is 0 Å². The van der Waals surface area contributed by atoms with Crippen LogP contribution in [0.3, 0.4) is 0 Å². The maximum atomic E-state index is 11.1. The van der Waals surface area contributed by atoms with Crippen molar-refractivity contribution >= 4 is 17.6 Å². The van der Waals surface area contributed by atoms with Crippen molar-refractivity contribution in [2.45, 2.75) is 6.61 Å². The fourth-order valence-corrected chi connectivity index (χ4v) is 1.66. The second-order valence-electron chi connectivity index (χ2n) is 3.56. The van der Waals surface area contributed by atoms with E-state index in [9.17, 15) is 4.79 Å². The fourth-order valence-electron chi connectivity index (χ4n) is 1.41. The van der Waals surface area contributed by atoms with Gasteiger partial charge in [0.15, 0.2) is 5.82 Å². The maximum absolute atomic E-state index is 11.1. The van der Waals surface area contributed by atoms with E-state index in [-0.39, 0.29) is 22.9 Å². The zero-order valence-corrected chi connectivity index (χ0v) is 10.3. The summed E-state index contributed by atoms with van der Waals surface area (Å²) in [5.74, 6) is -0.335. The van der Waals surface area contributed by atoms with Crippen LogP contribution >= 0.6 is 11.6 Å². The Morgan fingerprint density at radius 2 is 2.33 bits per heavy atom. The Morgan fingerprint density at radius 3 is 2.94 bits per heavy atom. The minimum Gasteiger partial charge on any atom is -0.485 e. The van der Waals surface area contributed by atoms with Crippen LogP contribution in [-0.4, -0.2) is 25.8 Å². The van der Waals surface area contributed by atoms with Crippen LogP contribution in [0.25, 0.3) is 0 Å². The molecular weight excluding hydrogens is 258 g/mol. The third-order valence-electron chi connectivity index (χ3n) is 2.35. The highest BCUT2D eigenvalue weighted by molar-refractivity contribution is 6.33. The fraction of sp³-hybridized carbons (Fsp3) is 0.182. The first kappa shape index (κ1) is 12.4. The maximum Gasteiger partial charge on any atom is 0.341 e. The molecule has 94 valence electrons. The second-order valence-corrected chi connectivity index (χ2v) is 3.97. The van der Waals surface area contributed by atoms with Crippen molar-refractivity contribution in [1.82, 2.24) is 14.8 Å². The molecule has 1 aromatic heterocycles. The summed E-state index contributed by atoms with van der Waals surface area (Å²) in [5.41, 5.74) is -0.0543. The molecular formula is C11H10ClN3O3.